The third-order valence-electron chi connectivity index (χ3n) is 1.85. The molecule has 0 N–H and O–H groups in total. The first-order chi connectivity index (χ1) is 4.88. The largest absolute Gasteiger partial charge is 0.303 e. The lowest BCUT2D eigenvalue weighted by Gasteiger charge is -2.16. The molecule has 1 rings (SSSR count). The Morgan fingerprint density at radius 3 is 2.60 bits per heavy atom. The predicted octanol–water partition coefficient (Wildman–Crippen LogP) is 0.967. The van der Waals surface area contributed by atoms with E-state index in [4.69, 9.17) is 0 Å². The van der Waals surface area contributed by atoms with Crippen molar-refractivity contribution in [3.8, 4) is 0 Å². The smallest absolute Gasteiger partial charge is 0.127 e. The van der Waals surface area contributed by atoms with E-state index in [2.05, 4.69) is 0 Å². The van der Waals surface area contributed by atoms with Gasteiger partial charge in [0.15, 0.2) is 0 Å². The highest BCUT2D eigenvalue weighted by molar-refractivity contribution is 5.67. The van der Waals surface area contributed by atoms with E-state index < -0.39 is 0 Å². The summed E-state index contributed by atoms with van der Waals surface area (Å²) in [5, 5.41) is 0. The molecule has 1 aliphatic carbocycles. The van der Waals surface area contributed by atoms with Gasteiger partial charge in [0.2, 0.25) is 0 Å². The van der Waals surface area contributed by atoms with Crippen LogP contribution >= 0.6 is 0 Å². The molecule has 2 heteroatoms. The lowest BCUT2D eigenvalue weighted by molar-refractivity contribution is -0.118. The third kappa shape index (κ3) is 1.32. The van der Waals surface area contributed by atoms with Gasteiger partial charge in [-0.3, -0.25) is 0 Å². The van der Waals surface area contributed by atoms with Gasteiger partial charge in [-0.2, -0.15) is 0 Å². The van der Waals surface area contributed by atoms with Crippen molar-refractivity contribution in [1.82, 2.24) is 0 Å². The van der Waals surface area contributed by atoms with Crippen LogP contribution in [0.3, 0.4) is 0 Å². The molecule has 0 fully saturated rings. The number of hydrogen-bond donors (Lipinski definition) is 0. The van der Waals surface area contributed by atoms with E-state index >= 15 is 0 Å². The summed E-state index contributed by atoms with van der Waals surface area (Å²) < 4.78 is 0. The molecule has 0 aliphatic heterocycles. The zero-order chi connectivity index (χ0) is 7.40. The van der Waals surface area contributed by atoms with E-state index in [1.165, 1.54) is 0 Å². The van der Waals surface area contributed by atoms with Gasteiger partial charge in [0.1, 0.15) is 12.6 Å². The topological polar surface area (TPSA) is 34.1 Å². The number of carbonyl (C=O) groups excluding carboxylic acids is 2. The van der Waals surface area contributed by atoms with Gasteiger partial charge in [-0.25, -0.2) is 0 Å². The highest BCUT2D eigenvalue weighted by Crippen LogP contribution is 2.20. The fourth-order valence-electron chi connectivity index (χ4n) is 1.18. The number of allylic oxidation sites excluding steroid dienone is 2. The first-order valence-electron chi connectivity index (χ1n) is 3.45. The summed E-state index contributed by atoms with van der Waals surface area (Å²) in [6, 6.07) is 0. The van der Waals surface area contributed by atoms with Crippen LogP contribution in [-0.4, -0.2) is 12.6 Å². The molecule has 0 spiro atoms. The van der Waals surface area contributed by atoms with Crippen LogP contribution in [0.2, 0.25) is 0 Å². The molecule has 0 aromatic heterocycles. The van der Waals surface area contributed by atoms with Gasteiger partial charge in [0.25, 0.3) is 0 Å². The van der Waals surface area contributed by atoms with E-state index in [1.54, 1.807) is 0 Å². The summed E-state index contributed by atoms with van der Waals surface area (Å²) >= 11 is 0. The summed E-state index contributed by atoms with van der Waals surface area (Å²) in [4.78, 5) is 20.7. The molecule has 10 heavy (non-hydrogen) atoms. The monoisotopic (exact) mass is 138 g/mol. The van der Waals surface area contributed by atoms with Crippen molar-refractivity contribution in [2.24, 2.45) is 11.8 Å². The second kappa shape index (κ2) is 3.30. The average molecular weight is 138 g/mol. The van der Waals surface area contributed by atoms with Crippen molar-refractivity contribution in [3.05, 3.63) is 12.2 Å². The van der Waals surface area contributed by atoms with Crippen molar-refractivity contribution < 1.29 is 9.59 Å². The maximum absolute atomic E-state index is 10.3. The normalized spacial score (nSPS) is 31.6. The predicted molar refractivity (Wildman–Crippen MR) is 37.5 cm³/mol. The first kappa shape index (κ1) is 7.19. The summed E-state index contributed by atoms with van der Waals surface area (Å²) in [5.41, 5.74) is 0. The number of rotatable bonds is 2. The molecule has 0 heterocycles. The van der Waals surface area contributed by atoms with Crippen LogP contribution in [0.25, 0.3) is 0 Å². The lowest BCUT2D eigenvalue weighted by atomic mass is 9.86. The van der Waals surface area contributed by atoms with Gasteiger partial charge in [0.05, 0.1) is 0 Å². The molecule has 0 aromatic rings. The molecule has 1 aliphatic rings. The van der Waals surface area contributed by atoms with Crippen LogP contribution in [0.5, 0.6) is 0 Å². The molecule has 54 valence electrons. The van der Waals surface area contributed by atoms with Crippen molar-refractivity contribution in [2.75, 3.05) is 0 Å². The van der Waals surface area contributed by atoms with Crippen LogP contribution < -0.4 is 0 Å². The summed E-state index contributed by atoms with van der Waals surface area (Å²) in [6.45, 7) is 0. The maximum Gasteiger partial charge on any atom is 0.127 e. The van der Waals surface area contributed by atoms with E-state index in [1.807, 2.05) is 12.2 Å². The lowest BCUT2D eigenvalue weighted by Crippen LogP contribution is -2.17. The zero-order valence-electron chi connectivity index (χ0n) is 5.69. The van der Waals surface area contributed by atoms with E-state index in [0.717, 1.165) is 25.4 Å². The standard InChI is InChI=1S/C8H10O2/c9-5-7-3-1-2-4-8(7)6-10/h1,3,5-8H,2,4H2/t7-,8-/m0/s1. The summed E-state index contributed by atoms with van der Waals surface area (Å²) in [7, 11) is 0. The second-order valence-electron chi connectivity index (χ2n) is 2.52. The quantitative estimate of drug-likeness (QED) is 0.421. The molecule has 2 nitrogen and oxygen atoms in total. The number of aldehydes is 2. The molecule has 0 bridgehead atoms. The minimum absolute atomic E-state index is 0.0671. The van der Waals surface area contributed by atoms with Gasteiger partial charge >= 0.3 is 0 Å². The Balaban J connectivity index is 2.64. The molecular weight excluding hydrogens is 128 g/mol. The van der Waals surface area contributed by atoms with Crippen LogP contribution in [0, 0.1) is 11.8 Å². The summed E-state index contributed by atoms with van der Waals surface area (Å²) in [5.74, 6) is -0.228. The fraction of sp³-hybridized carbons (Fsp3) is 0.500. The van der Waals surface area contributed by atoms with Crippen LogP contribution in [0.4, 0.5) is 0 Å². The molecule has 0 radical (unpaired) electrons. The van der Waals surface area contributed by atoms with Gasteiger partial charge in [-0.1, -0.05) is 12.2 Å². The molecule has 0 saturated heterocycles. The molecule has 0 unspecified atom stereocenters. The van der Waals surface area contributed by atoms with Crippen LogP contribution in [-0.2, 0) is 9.59 Å². The maximum atomic E-state index is 10.3. The van der Waals surface area contributed by atoms with E-state index in [9.17, 15) is 9.59 Å². The SMILES string of the molecule is O=C[C@@H]1C=CCC[C@H]1C=O. The van der Waals surface area contributed by atoms with Crippen LogP contribution in [0.15, 0.2) is 12.2 Å². The second-order valence-corrected chi connectivity index (χ2v) is 2.52. The molecule has 0 saturated carbocycles. The highest BCUT2D eigenvalue weighted by atomic mass is 16.1. The number of carbonyl (C=O) groups is 2. The Kier molecular flexibility index (Phi) is 2.37. The fourth-order valence-corrected chi connectivity index (χ4v) is 1.18. The zero-order valence-corrected chi connectivity index (χ0v) is 5.69. The average Bonchev–Trinajstić information content (AvgIpc) is 2.04. The molecule has 0 amide bonds. The molecular formula is C8H10O2. The Hall–Kier alpha value is -0.920. The van der Waals surface area contributed by atoms with Gasteiger partial charge < -0.3 is 9.59 Å². The molecule has 2 atom stereocenters. The van der Waals surface area contributed by atoms with E-state index in [0.29, 0.717) is 0 Å². The first-order valence-corrected chi connectivity index (χ1v) is 3.45. The Morgan fingerprint density at radius 1 is 1.30 bits per heavy atom. The Bertz CT molecular complexity index is 161. The van der Waals surface area contributed by atoms with E-state index in [-0.39, 0.29) is 11.8 Å². The van der Waals surface area contributed by atoms with Gasteiger partial charge in [0, 0.05) is 11.8 Å². The number of hydrogen-bond acceptors (Lipinski definition) is 2. The van der Waals surface area contributed by atoms with Gasteiger partial charge in [-0.05, 0) is 12.8 Å². The minimum atomic E-state index is -0.161. The van der Waals surface area contributed by atoms with Crippen molar-refractivity contribution in [1.29, 1.82) is 0 Å². The minimum Gasteiger partial charge on any atom is -0.303 e. The highest BCUT2D eigenvalue weighted by Gasteiger charge is 2.19. The van der Waals surface area contributed by atoms with Crippen molar-refractivity contribution in [2.45, 2.75) is 12.8 Å². The third-order valence-corrected chi connectivity index (χ3v) is 1.85. The molecule has 0 aromatic carbocycles. The Labute approximate surface area is 59.9 Å². The Morgan fingerprint density at radius 2 is 2.10 bits per heavy atom. The van der Waals surface area contributed by atoms with Crippen LogP contribution in [0.1, 0.15) is 12.8 Å². The van der Waals surface area contributed by atoms with Crippen molar-refractivity contribution >= 4 is 12.6 Å². The van der Waals surface area contributed by atoms with Crippen molar-refractivity contribution in [3.63, 3.8) is 0 Å². The summed E-state index contributed by atoms with van der Waals surface area (Å²) in [6.07, 6.45) is 7.24. The van der Waals surface area contributed by atoms with Gasteiger partial charge in [-0.15, -0.1) is 0 Å².